The zero-order valence-electron chi connectivity index (χ0n) is 12.8. The fraction of sp³-hybridized carbons (Fsp3) is 0.533. The van der Waals surface area contributed by atoms with E-state index in [-0.39, 0.29) is 35.5 Å². The second-order valence-corrected chi connectivity index (χ2v) is 7.70. The lowest BCUT2D eigenvalue weighted by molar-refractivity contribution is 0.487. The number of nitrogens with two attached hydrogens (primary N) is 1. The van der Waals surface area contributed by atoms with Crippen molar-refractivity contribution in [2.75, 3.05) is 19.3 Å². The first-order valence-corrected chi connectivity index (χ1v) is 9.07. The summed E-state index contributed by atoms with van der Waals surface area (Å²) in [5, 5.41) is 0. The molecule has 22 heavy (non-hydrogen) atoms. The molecule has 0 heterocycles. The van der Waals surface area contributed by atoms with E-state index in [1.165, 1.54) is 0 Å². The predicted octanol–water partition coefficient (Wildman–Crippen LogP) is 2.02. The number of guanidine groups is 1. The van der Waals surface area contributed by atoms with Crippen LogP contribution in [0.5, 0.6) is 0 Å². The summed E-state index contributed by atoms with van der Waals surface area (Å²) in [6.07, 6.45) is 2.84. The van der Waals surface area contributed by atoms with Crippen LogP contribution in [0, 0.1) is 0 Å². The normalized spacial score (nSPS) is 15.2. The Balaban J connectivity index is 0.00000242. The van der Waals surface area contributed by atoms with Gasteiger partial charge in [0.15, 0.2) is 15.8 Å². The molecule has 2 rings (SSSR count). The number of nitrogens with zero attached hydrogens (tertiary/aromatic N) is 2. The van der Waals surface area contributed by atoms with E-state index in [9.17, 15) is 8.42 Å². The molecule has 0 bridgehead atoms. The van der Waals surface area contributed by atoms with Gasteiger partial charge >= 0.3 is 0 Å². The Morgan fingerprint density at radius 2 is 1.95 bits per heavy atom. The molecule has 1 fully saturated rings. The minimum absolute atomic E-state index is 0. The van der Waals surface area contributed by atoms with Crippen molar-refractivity contribution in [3.8, 4) is 0 Å². The summed E-state index contributed by atoms with van der Waals surface area (Å²) in [7, 11) is -1.15. The minimum atomic E-state index is -3.08. The summed E-state index contributed by atoms with van der Waals surface area (Å²) < 4.78 is 24.0. The lowest BCUT2D eigenvalue weighted by Crippen LogP contribution is -2.35. The second kappa shape index (κ2) is 8.71. The lowest BCUT2D eigenvalue weighted by atomic mass is 10.2. The summed E-state index contributed by atoms with van der Waals surface area (Å²) in [6, 6.07) is 9.77. The van der Waals surface area contributed by atoms with Crippen LogP contribution in [0.15, 0.2) is 35.3 Å². The summed E-state index contributed by atoms with van der Waals surface area (Å²) in [5.41, 5.74) is 6.69. The van der Waals surface area contributed by atoms with Crippen LogP contribution < -0.4 is 5.73 Å². The van der Waals surface area contributed by atoms with Gasteiger partial charge in [-0.05, 0) is 24.8 Å². The van der Waals surface area contributed by atoms with Gasteiger partial charge in [-0.15, -0.1) is 24.0 Å². The third-order valence-electron chi connectivity index (χ3n) is 3.57. The summed E-state index contributed by atoms with van der Waals surface area (Å²) in [5.74, 6) is 0.749. The molecule has 0 aliphatic heterocycles. The SMILES string of the molecule is CN(C(N)=NCCCS(=O)(=O)Cc1ccccc1)C1CC1.I. The molecule has 124 valence electrons. The molecular formula is C15H24IN3O2S. The number of sulfone groups is 1. The molecular weight excluding hydrogens is 413 g/mol. The van der Waals surface area contributed by atoms with Crippen LogP contribution in [-0.2, 0) is 15.6 Å². The Kier molecular flexibility index (Phi) is 7.61. The first-order valence-electron chi connectivity index (χ1n) is 7.25. The van der Waals surface area contributed by atoms with E-state index in [2.05, 4.69) is 4.99 Å². The molecule has 1 aromatic rings. The van der Waals surface area contributed by atoms with Gasteiger partial charge in [-0.25, -0.2) is 8.42 Å². The number of halogens is 1. The van der Waals surface area contributed by atoms with E-state index in [0.29, 0.717) is 25.0 Å². The molecule has 1 aromatic carbocycles. The topological polar surface area (TPSA) is 75.8 Å². The van der Waals surface area contributed by atoms with E-state index in [4.69, 9.17) is 5.73 Å². The van der Waals surface area contributed by atoms with Crippen LogP contribution in [0.2, 0.25) is 0 Å². The van der Waals surface area contributed by atoms with Gasteiger partial charge in [0, 0.05) is 19.6 Å². The van der Waals surface area contributed by atoms with Gasteiger partial charge in [-0.3, -0.25) is 4.99 Å². The number of hydrogen-bond acceptors (Lipinski definition) is 3. The van der Waals surface area contributed by atoms with E-state index >= 15 is 0 Å². The highest BCUT2D eigenvalue weighted by Crippen LogP contribution is 2.24. The van der Waals surface area contributed by atoms with E-state index < -0.39 is 9.84 Å². The van der Waals surface area contributed by atoms with Gasteiger partial charge in [0.2, 0.25) is 0 Å². The molecule has 0 unspecified atom stereocenters. The molecule has 7 heteroatoms. The number of benzene rings is 1. The molecule has 5 nitrogen and oxygen atoms in total. The monoisotopic (exact) mass is 437 g/mol. The minimum Gasteiger partial charge on any atom is -0.370 e. The number of rotatable bonds is 7. The van der Waals surface area contributed by atoms with Crippen molar-refractivity contribution in [2.24, 2.45) is 10.7 Å². The maximum atomic E-state index is 12.0. The first kappa shape index (κ1) is 19.2. The quantitative estimate of drug-likeness (QED) is 0.307. The molecule has 1 aliphatic carbocycles. The molecule has 1 saturated carbocycles. The van der Waals surface area contributed by atoms with Crippen molar-refractivity contribution in [2.45, 2.75) is 31.1 Å². The third-order valence-corrected chi connectivity index (χ3v) is 5.26. The summed E-state index contributed by atoms with van der Waals surface area (Å²) in [4.78, 5) is 6.22. The average Bonchev–Trinajstić information content (AvgIpc) is 3.27. The first-order chi connectivity index (χ1) is 9.98. The number of aliphatic imine (C=N–C) groups is 1. The van der Waals surface area contributed by atoms with Crippen molar-refractivity contribution in [1.29, 1.82) is 0 Å². The van der Waals surface area contributed by atoms with Gasteiger partial charge in [0.05, 0.1) is 11.5 Å². The van der Waals surface area contributed by atoms with Crippen molar-refractivity contribution in [3.05, 3.63) is 35.9 Å². The Labute approximate surface area is 149 Å². The number of hydrogen-bond donors (Lipinski definition) is 1. The van der Waals surface area contributed by atoms with Crippen LogP contribution in [0.1, 0.15) is 24.8 Å². The molecule has 0 radical (unpaired) electrons. The Hall–Kier alpha value is -0.830. The molecule has 0 spiro atoms. The Morgan fingerprint density at radius 3 is 2.55 bits per heavy atom. The lowest BCUT2D eigenvalue weighted by Gasteiger charge is -2.16. The molecule has 0 atom stereocenters. The van der Waals surface area contributed by atoms with Crippen LogP contribution in [0.3, 0.4) is 0 Å². The zero-order valence-corrected chi connectivity index (χ0v) is 16.0. The Bertz CT molecular complexity index is 586. The van der Waals surface area contributed by atoms with Gasteiger partial charge in [-0.1, -0.05) is 30.3 Å². The predicted molar refractivity (Wildman–Crippen MR) is 101 cm³/mol. The second-order valence-electron chi connectivity index (χ2n) is 5.51. The fourth-order valence-corrected chi connectivity index (χ4v) is 3.55. The van der Waals surface area contributed by atoms with Gasteiger partial charge in [-0.2, -0.15) is 0 Å². The van der Waals surface area contributed by atoms with Crippen molar-refractivity contribution < 1.29 is 8.42 Å². The van der Waals surface area contributed by atoms with Gasteiger partial charge < -0.3 is 10.6 Å². The van der Waals surface area contributed by atoms with E-state index in [1.807, 2.05) is 42.3 Å². The van der Waals surface area contributed by atoms with E-state index in [1.54, 1.807) is 0 Å². The van der Waals surface area contributed by atoms with Gasteiger partial charge in [0.1, 0.15) is 0 Å². The fourth-order valence-electron chi connectivity index (χ4n) is 2.14. The molecule has 0 amide bonds. The smallest absolute Gasteiger partial charge is 0.191 e. The van der Waals surface area contributed by atoms with Crippen LogP contribution in [-0.4, -0.2) is 44.7 Å². The van der Waals surface area contributed by atoms with E-state index in [0.717, 1.165) is 18.4 Å². The zero-order chi connectivity index (χ0) is 15.3. The molecule has 0 aromatic heterocycles. The van der Waals surface area contributed by atoms with Crippen molar-refractivity contribution in [3.63, 3.8) is 0 Å². The highest BCUT2D eigenvalue weighted by atomic mass is 127. The van der Waals surface area contributed by atoms with Crippen molar-refractivity contribution in [1.82, 2.24) is 4.90 Å². The summed E-state index contributed by atoms with van der Waals surface area (Å²) >= 11 is 0. The maximum Gasteiger partial charge on any atom is 0.191 e. The highest BCUT2D eigenvalue weighted by molar-refractivity contribution is 14.0. The molecule has 2 N–H and O–H groups in total. The average molecular weight is 437 g/mol. The molecule has 0 saturated heterocycles. The van der Waals surface area contributed by atoms with Crippen LogP contribution >= 0.6 is 24.0 Å². The van der Waals surface area contributed by atoms with Crippen LogP contribution in [0.25, 0.3) is 0 Å². The highest BCUT2D eigenvalue weighted by Gasteiger charge is 2.27. The van der Waals surface area contributed by atoms with Crippen LogP contribution in [0.4, 0.5) is 0 Å². The van der Waals surface area contributed by atoms with Gasteiger partial charge in [0.25, 0.3) is 0 Å². The Morgan fingerprint density at radius 1 is 1.32 bits per heavy atom. The largest absolute Gasteiger partial charge is 0.370 e. The maximum absolute atomic E-state index is 12.0. The summed E-state index contributed by atoms with van der Waals surface area (Å²) in [6.45, 7) is 0.455. The third kappa shape index (κ3) is 6.51. The standard InChI is InChI=1S/C15H23N3O2S.HI/c1-18(14-8-9-14)15(16)17-10-5-11-21(19,20)12-13-6-3-2-4-7-13;/h2-4,6-7,14H,5,8-12H2,1H3,(H2,16,17);1H. The molecule has 1 aliphatic rings. The van der Waals surface area contributed by atoms with Crippen molar-refractivity contribution >= 4 is 39.8 Å².